The maximum Gasteiger partial charge on any atom is 0.259 e. The number of benzene rings is 1. The van der Waals surface area contributed by atoms with Gasteiger partial charge in [0.2, 0.25) is 0 Å². The summed E-state index contributed by atoms with van der Waals surface area (Å²) in [5.41, 5.74) is 9.64. The molecule has 0 radical (unpaired) electrons. The number of fused-ring (bicyclic) bond motifs is 1. The molecule has 0 saturated carbocycles. The first-order valence-electron chi connectivity index (χ1n) is 6.10. The molecule has 2 heterocycles. The molecule has 0 unspecified atom stereocenters. The van der Waals surface area contributed by atoms with Crippen LogP contribution in [-0.4, -0.2) is 12.5 Å². The van der Waals surface area contributed by atoms with Crippen LogP contribution in [0.2, 0.25) is 0 Å². The second-order valence-corrected chi connectivity index (χ2v) is 7.35. The van der Waals surface area contributed by atoms with Gasteiger partial charge in [0.15, 0.2) is 0 Å². The summed E-state index contributed by atoms with van der Waals surface area (Å²) in [5.74, 6) is 0.0747. The first-order valence-corrected chi connectivity index (χ1v) is 8.06. The van der Waals surface area contributed by atoms with Gasteiger partial charge in [-0.05, 0) is 59.2 Å². The zero-order valence-electron chi connectivity index (χ0n) is 10.2. The van der Waals surface area contributed by atoms with Crippen LogP contribution < -0.4 is 10.6 Å². The highest BCUT2D eigenvalue weighted by Gasteiger charge is 2.25. The van der Waals surface area contributed by atoms with Crippen molar-refractivity contribution in [1.29, 1.82) is 0 Å². The van der Waals surface area contributed by atoms with Crippen molar-refractivity contribution in [2.45, 2.75) is 12.8 Å². The molecule has 1 aliphatic heterocycles. The fourth-order valence-corrected chi connectivity index (χ4v) is 3.76. The molecular formula is C14H13IN2OS. The summed E-state index contributed by atoms with van der Waals surface area (Å²) < 4.78 is 1.13. The molecule has 5 heteroatoms. The second-order valence-electron chi connectivity index (χ2n) is 4.54. The number of anilines is 2. The van der Waals surface area contributed by atoms with Crippen LogP contribution in [0, 0.1) is 2.88 Å². The summed E-state index contributed by atoms with van der Waals surface area (Å²) in [7, 11) is 0. The van der Waals surface area contributed by atoms with E-state index in [4.69, 9.17) is 5.73 Å². The third-order valence-electron chi connectivity index (χ3n) is 3.35. The predicted molar refractivity (Wildman–Crippen MR) is 87.9 cm³/mol. The lowest BCUT2D eigenvalue weighted by atomic mass is 9.99. The maximum atomic E-state index is 12.6. The Bertz CT molecular complexity index is 638. The quantitative estimate of drug-likeness (QED) is 0.604. The van der Waals surface area contributed by atoms with Crippen molar-refractivity contribution in [3.8, 4) is 0 Å². The molecule has 0 bridgehead atoms. The van der Waals surface area contributed by atoms with Crippen LogP contribution in [0.25, 0.3) is 0 Å². The number of nitrogens with two attached hydrogens (primary N) is 1. The summed E-state index contributed by atoms with van der Waals surface area (Å²) in [4.78, 5) is 14.4. The highest BCUT2D eigenvalue weighted by Crippen LogP contribution is 2.32. The van der Waals surface area contributed by atoms with E-state index >= 15 is 0 Å². The first-order chi connectivity index (χ1) is 9.16. The van der Waals surface area contributed by atoms with Crippen LogP contribution in [-0.2, 0) is 6.42 Å². The van der Waals surface area contributed by atoms with Gasteiger partial charge in [-0.15, -0.1) is 11.3 Å². The summed E-state index contributed by atoms with van der Waals surface area (Å²) in [5, 5.41) is 1.92. The Hall–Kier alpha value is -1.08. The van der Waals surface area contributed by atoms with Crippen molar-refractivity contribution in [3.63, 3.8) is 0 Å². The molecule has 1 aromatic heterocycles. The predicted octanol–water partition coefficient (Wildman–Crippen LogP) is 3.53. The Labute approximate surface area is 129 Å². The number of thiophene rings is 1. The number of hydrogen-bond donors (Lipinski definition) is 1. The minimum Gasteiger partial charge on any atom is -0.398 e. The van der Waals surface area contributed by atoms with Crippen LogP contribution in [0.1, 0.15) is 22.3 Å². The normalized spacial score (nSPS) is 14.3. The lowest BCUT2D eigenvalue weighted by molar-refractivity contribution is 0.0985. The standard InChI is InChI=1S/C14H13IN2OS/c15-13-7-9(8-19-13)14(18)17-6-2-3-10-11(16)4-1-5-12(10)17/h1,4-5,7-8H,2-3,6,16H2. The fourth-order valence-electron chi connectivity index (χ4n) is 2.44. The summed E-state index contributed by atoms with van der Waals surface area (Å²) in [6.45, 7) is 0.766. The SMILES string of the molecule is Nc1cccc2c1CCCN2C(=O)c1csc(I)c1. The minimum atomic E-state index is 0.0747. The van der Waals surface area contributed by atoms with E-state index in [1.807, 2.05) is 34.5 Å². The van der Waals surface area contributed by atoms with Crippen molar-refractivity contribution in [2.75, 3.05) is 17.2 Å². The molecule has 1 aromatic carbocycles. The molecule has 19 heavy (non-hydrogen) atoms. The molecule has 0 spiro atoms. The molecule has 2 N–H and O–H groups in total. The zero-order chi connectivity index (χ0) is 13.4. The number of carbonyl (C=O) groups is 1. The fraction of sp³-hybridized carbons (Fsp3) is 0.214. The van der Waals surface area contributed by atoms with Gasteiger partial charge < -0.3 is 10.6 Å². The summed E-state index contributed by atoms with van der Waals surface area (Å²) >= 11 is 3.83. The van der Waals surface area contributed by atoms with E-state index < -0.39 is 0 Å². The van der Waals surface area contributed by atoms with Crippen molar-refractivity contribution >= 4 is 51.2 Å². The largest absolute Gasteiger partial charge is 0.398 e. The Balaban J connectivity index is 2.00. The summed E-state index contributed by atoms with van der Waals surface area (Å²) in [6, 6.07) is 7.74. The van der Waals surface area contributed by atoms with Crippen molar-refractivity contribution in [1.82, 2.24) is 0 Å². The van der Waals surface area contributed by atoms with Crippen molar-refractivity contribution < 1.29 is 4.79 Å². The average Bonchev–Trinajstić information content (AvgIpc) is 2.85. The monoisotopic (exact) mass is 384 g/mol. The second kappa shape index (κ2) is 5.13. The molecule has 0 fully saturated rings. The topological polar surface area (TPSA) is 46.3 Å². The molecular weight excluding hydrogens is 371 g/mol. The van der Waals surface area contributed by atoms with E-state index in [9.17, 15) is 4.79 Å². The van der Waals surface area contributed by atoms with Gasteiger partial charge >= 0.3 is 0 Å². The van der Waals surface area contributed by atoms with Crippen molar-refractivity contribution in [3.05, 3.63) is 43.7 Å². The van der Waals surface area contributed by atoms with Gasteiger partial charge in [-0.25, -0.2) is 0 Å². The highest BCUT2D eigenvalue weighted by molar-refractivity contribution is 14.1. The number of hydrogen-bond acceptors (Lipinski definition) is 3. The zero-order valence-corrected chi connectivity index (χ0v) is 13.2. The van der Waals surface area contributed by atoms with E-state index in [0.717, 1.165) is 44.8 Å². The molecule has 0 saturated heterocycles. The van der Waals surface area contributed by atoms with Gasteiger partial charge in [0.05, 0.1) is 8.45 Å². The lowest BCUT2D eigenvalue weighted by Crippen LogP contribution is -2.35. The maximum absolute atomic E-state index is 12.6. The Morgan fingerprint density at radius 3 is 3.00 bits per heavy atom. The van der Waals surface area contributed by atoms with E-state index in [2.05, 4.69) is 22.6 Å². The number of nitrogens with zero attached hydrogens (tertiary/aromatic N) is 1. The van der Waals surface area contributed by atoms with Crippen LogP contribution in [0.3, 0.4) is 0 Å². The Kier molecular flexibility index (Phi) is 3.49. The smallest absolute Gasteiger partial charge is 0.259 e. The van der Waals surface area contributed by atoms with Crippen LogP contribution >= 0.6 is 33.9 Å². The van der Waals surface area contributed by atoms with Crippen LogP contribution in [0.5, 0.6) is 0 Å². The van der Waals surface area contributed by atoms with E-state index in [-0.39, 0.29) is 5.91 Å². The lowest BCUT2D eigenvalue weighted by Gasteiger charge is -2.30. The van der Waals surface area contributed by atoms with Gasteiger partial charge in [0.1, 0.15) is 0 Å². The third kappa shape index (κ3) is 2.36. The van der Waals surface area contributed by atoms with Crippen LogP contribution in [0.4, 0.5) is 11.4 Å². The minimum absolute atomic E-state index is 0.0747. The van der Waals surface area contributed by atoms with Gasteiger partial charge in [-0.2, -0.15) is 0 Å². The van der Waals surface area contributed by atoms with Crippen LogP contribution in [0.15, 0.2) is 29.6 Å². The molecule has 0 aliphatic carbocycles. The molecule has 3 nitrogen and oxygen atoms in total. The average molecular weight is 384 g/mol. The molecule has 1 aliphatic rings. The van der Waals surface area contributed by atoms with E-state index in [1.165, 1.54) is 0 Å². The third-order valence-corrected chi connectivity index (χ3v) is 5.14. The van der Waals surface area contributed by atoms with Gasteiger partial charge in [-0.3, -0.25) is 4.79 Å². The molecule has 1 amide bonds. The number of rotatable bonds is 1. The number of halogens is 1. The molecule has 2 aromatic rings. The molecule has 98 valence electrons. The van der Waals surface area contributed by atoms with E-state index in [0.29, 0.717) is 0 Å². The first kappa shape index (κ1) is 12.9. The number of nitrogen functional groups attached to an aromatic ring is 1. The van der Waals surface area contributed by atoms with Gasteiger partial charge in [0.25, 0.3) is 5.91 Å². The Morgan fingerprint density at radius 2 is 2.26 bits per heavy atom. The highest BCUT2D eigenvalue weighted by atomic mass is 127. The number of amides is 1. The Morgan fingerprint density at radius 1 is 1.42 bits per heavy atom. The van der Waals surface area contributed by atoms with Gasteiger partial charge in [0, 0.05) is 23.3 Å². The van der Waals surface area contributed by atoms with E-state index in [1.54, 1.807) is 11.3 Å². The summed E-state index contributed by atoms with van der Waals surface area (Å²) in [6.07, 6.45) is 1.92. The molecule has 3 rings (SSSR count). The van der Waals surface area contributed by atoms with Crippen molar-refractivity contribution in [2.24, 2.45) is 0 Å². The molecule has 0 atom stereocenters. The van der Waals surface area contributed by atoms with Gasteiger partial charge in [-0.1, -0.05) is 6.07 Å². The number of carbonyl (C=O) groups excluding carboxylic acids is 1.